The Kier molecular flexibility index (Phi) is 5.34. The van der Waals surface area contributed by atoms with Crippen LogP contribution in [0.2, 0.25) is 0 Å². The number of benzene rings is 2. The van der Waals surface area contributed by atoms with Gasteiger partial charge in [-0.3, -0.25) is 0 Å². The number of hydrogen-bond donors (Lipinski definition) is 1. The predicted molar refractivity (Wildman–Crippen MR) is 85.0 cm³/mol. The fourth-order valence-electron chi connectivity index (χ4n) is 1.73. The average Bonchev–Trinajstić information content (AvgIpc) is 2.89. The molecule has 1 aromatic heterocycles. The van der Waals surface area contributed by atoms with E-state index in [-0.39, 0.29) is 17.0 Å². The molecule has 2 aromatic carbocycles. The zero-order chi connectivity index (χ0) is 13.1. The van der Waals surface area contributed by atoms with Gasteiger partial charge in [0.15, 0.2) is 5.13 Å². The van der Waals surface area contributed by atoms with Crippen LogP contribution in [0.5, 0.6) is 0 Å². The van der Waals surface area contributed by atoms with Gasteiger partial charge in [-0.1, -0.05) is 46.3 Å². The van der Waals surface area contributed by atoms with E-state index in [0.29, 0.717) is 0 Å². The van der Waals surface area contributed by atoms with E-state index in [2.05, 4.69) is 43.7 Å². The summed E-state index contributed by atoms with van der Waals surface area (Å²) in [6.45, 7) is 0. The van der Waals surface area contributed by atoms with Crippen molar-refractivity contribution in [2.45, 2.75) is 0 Å². The summed E-state index contributed by atoms with van der Waals surface area (Å²) in [6.07, 6.45) is 0. The summed E-state index contributed by atoms with van der Waals surface area (Å²) in [5.74, 6) is 0. The summed E-state index contributed by atoms with van der Waals surface area (Å²) < 4.78 is 1.08. The van der Waals surface area contributed by atoms with Gasteiger partial charge in [-0.05, 0) is 24.3 Å². The first kappa shape index (κ1) is 15.2. The smallest absolute Gasteiger partial charge is 0.187 e. The number of hydrogen-bond acceptors (Lipinski definition) is 3. The van der Waals surface area contributed by atoms with Crippen molar-refractivity contribution in [1.82, 2.24) is 4.98 Å². The maximum absolute atomic E-state index is 4.60. The Morgan fingerprint density at radius 3 is 2.35 bits per heavy atom. The largest absolute Gasteiger partial charge is 1.00 e. The standard InChI is InChI=1S/C15H11BrN2S.BrH/c16-12-8-6-11(7-9-12)14-10-19-15(18-14)17-13-4-2-1-3-5-13;/h1-10H,(H,17,18);1H/p-1. The highest BCUT2D eigenvalue weighted by Crippen LogP contribution is 2.27. The van der Waals surface area contributed by atoms with Gasteiger partial charge in [0.2, 0.25) is 0 Å². The number of nitrogens with zero attached hydrogens (tertiary/aromatic N) is 1. The first-order valence-electron chi connectivity index (χ1n) is 5.85. The molecule has 3 aromatic rings. The molecule has 1 N–H and O–H groups in total. The fraction of sp³-hybridized carbons (Fsp3) is 0. The first-order chi connectivity index (χ1) is 9.31. The quantitative estimate of drug-likeness (QED) is 0.716. The number of nitrogens with one attached hydrogen (secondary N) is 1. The SMILES string of the molecule is Brc1ccc(-c2csc(Nc3ccccc3)n2)cc1.[Br-]. The predicted octanol–water partition coefficient (Wildman–Crippen LogP) is 2.32. The van der Waals surface area contributed by atoms with Crippen LogP contribution in [0.15, 0.2) is 64.5 Å². The second-order valence-corrected chi connectivity index (χ2v) is 5.81. The lowest BCUT2D eigenvalue weighted by Crippen LogP contribution is -3.00. The van der Waals surface area contributed by atoms with Crippen LogP contribution in [0.25, 0.3) is 11.3 Å². The van der Waals surface area contributed by atoms with Gasteiger partial charge in [-0.25, -0.2) is 4.98 Å². The highest BCUT2D eigenvalue weighted by molar-refractivity contribution is 9.10. The molecule has 0 aliphatic heterocycles. The van der Waals surface area contributed by atoms with Crippen molar-refractivity contribution < 1.29 is 17.0 Å². The number of thiazole rings is 1. The molecule has 0 spiro atoms. The Morgan fingerprint density at radius 2 is 1.65 bits per heavy atom. The molecule has 0 aliphatic rings. The lowest BCUT2D eigenvalue weighted by Gasteiger charge is -2.01. The van der Waals surface area contributed by atoms with E-state index in [0.717, 1.165) is 26.5 Å². The molecule has 2 nitrogen and oxygen atoms in total. The van der Waals surface area contributed by atoms with E-state index in [9.17, 15) is 0 Å². The number of rotatable bonds is 3. The number of para-hydroxylation sites is 1. The lowest BCUT2D eigenvalue weighted by molar-refractivity contribution is -0.00000357. The summed E-state index contributed by atoms with van der Waals surface area (Å²) in [4.78, 5) is 4.60. The minimum atomic E-state index is 0. The van der Waals surface area contributed by atoms with Crippen LogP contribution in [0, 0.1) is 0 Å². The lowest BCUT2D eigenvalue weighted by atomic mass is 10.2. The average molecular weight is 411 g/mol. The van der Waals surface area contributed by atoms with E-state index >= 15 is 0 Å². The Morgan fingerprint density at radius 1 is 0.950 bits per heavy atom. The Hall–Kier alpha value is -1.17. The molecule has 0 unspecified atom stereocenters. The third kappa shape index (κ3) is 3.69. The molecule has 0 amide bonds. The van der Waals surface area contributed by atoms with E-state index in [1.807, 2.05) is 42.5 Å². The zero-order valence-corrected chi connectivity index (χ0v) is 14.4. The van der Waals surface area contributed by atoms with Gasteiger partial charge in [0.05, 0.1) is 5.69 Å². The minimum Gasteiger partial charge on any atom is -1.00 e. The zero-order valence-electron chi connectivity index (χ0n) is 10.4. The van der Waals surface area contributed by atoms with Gasteiger partial charge >= 0.3 is 0 Å². The molecule has 0 saturated carbocycles. The second-order valence-electron chi connectivity index (χ2n) is 4.04. The van der Waals surface area contributed by atoms with E-state index < -0.39 is 0 Å². The third-order valence-electron chi connectivity index (χ3n) is 2.67. The molecule has 5 heteroatoms. The van der Waals surface area contributed by atoms with Crippen LogP contribution in [-0.4, -0.2) is 4.98 Å². The molecule has 0 saturated heterocycles. The molecule has 20 heavy (non-hydrogen) atoms. The van der Waals surface area contributed by atoms with Crippen LogP contribution in [0.3, 0.4) is 0 Å². The Bertz CT molecular complexity index is 666. The van der Waals surface area contributed by atoms with Gasteiger partial charge in [0, 0.05) is 21.1 Å². The fourth-order valence-corrected chi connectivity index (χ4v) is 2.73. The van der Waals surface area contributed by atoms with Gasteiger partial charge in [0.1, 0.15) is 0 Å². The highest BCUT2D eigenvalue weighted by Gasteiger charge is 2.04. The monoisotopic (exact) mass is 409 g/mol. The number of anilines is 2. The van der Waals surface area contributed by atoms with Gasteiger partial charge < -0.3 is 22.3 Å². The number of halogens is 2. The van der Waals surface area contributed by atoms with Gasteiger partial charge in [0.25, 0.3) is 0 Å². The number of aromatic nitrogens is 1. The Balaban J connectivity index is 0.00000147. The topological polar surface area (TPSA) is 24.9 Å². The second kappa shape index (κ2) is 7.02. The molecule has 0 radical (unpaired) electrons. The summed E-state index contributed by atoms with van der Waals surface area (Å²) in [5, 5.41) is 6.27. The molecule has 102 valence electrons. The van der Waals surface area contributed by atoms with Crippen LogP contribution in [-0.2, 0) is 0 Å². The van der Waals surface area contributed by atoms with Crippen molar-refractivity contribution in [1.29, 1.82) is 0 Å². The van der Waals surface area contributed by atoms with Crippen molar-refractivity contribution in [2.24, 2.45) is 0 Å². The third-order valence-corrected chi connectivity index (χ3v) is 3.96. The van der Waals surface area contributed by atoms with Crippen molar-refractivity contribution >= 4 is 38.1 Å². The van der Waals surface area contributed by atoms with Crippen molar-refractivity contribution in [3.8, 4) is 11.3 Å². The summed E-state index contributed by atoms with van der Waals surface area (Å²) in [5.41, 5.74) is 3.18. The van der Waals surface area contributed by atoms with E-state index in [1.54, 1.807) is 11.3 Å². The Labute approximate surface area is 140 Å². The van der Waals surface area contributed by atoms with Crippen LogP contribution >= 0.6 is 27.3 Å². The maximum atomic E-state index is 4.60. The van der Waals surface area contributed by atoms with Gasteiger partial charge in [-0.2, -0.15) is 0 Å². The van der Waals surface area contributed by atoms with Crippen LogP contribution in [0.4, 0.5) is 10.8 Å². The first-order valence-corrected chi connectivity index (χ1v) is 7.52. The van der Waals surface area contributed by atoms with E-state index in [1.165, 1.54) is 0 Å². The summed E-state index contributed by atoms with van der Waals surface area (Å²) in [7, 11) is 0. The molecule has 0 aliphatic carbocycles. The molecule has 1 heterocycles. The summed E-state index contributed by atoms with van der Waals surface area (Å²) >= 11 is 5.05. The van der Waals surface area contributed by atoms with Crippen molar-refractivity contribution in [3.05, 3.63) is 64.5 Å². The van der Waals surface area contributed by atoms with Gasteiger partial charge in [-0.15, -0.1) is 11.3 Å². The van der Waals surface area contributed by atoms with Crippen molar-refractivity contribution in [2.75, 3.05) is 5.32 Å². The summed E-state index contributed by atoms with van der Waals surface area (Å²) in [6, 6.07) is 18.2. The van der Waals surface area contributed by atoms with Crippen LogP contribution in [0.1, 0.15) is 0 Å². The maximum Gasteiger partial charge on any atom is 0.187 e. The molecule has 0 atom stereocenters. The minimum absolute atomic E-state index is 0. The van der Waals surface area contributed by atoms with E-state index in [4.69, 9.17) is 0 Å². The molecule has 0 bridgehead atoms. The molecular formula is C15H11Br2N2S-. The molecular weight excluding hydrogens is 400 g/mol. The molecule has 0 fully saturated rings. The van der Waals surface area contributed by atoms with Crippen LogP contribution < -0.4 is 22.3 Å². The highest BCUT2D eigenvalue weighted by atomic mass is 79.9. The molecule has 3 rings (SSSR count). The van der Waals surface area contributed by atoms with Crippen molar-refractivity contribution in [3.63, 3.8) is 0 Å². The normalized spacial score (nSPS) is 9.85.